The van der Waals surface area contributed by atoms with E-state index in [1.54, 1.807) is 24.3 Å². The maximum absolute atomic E-state index is 14.1. The van der Waals surface area contributed by atoms with Crippen LogP contribution in [-0.4, -0.2) is 49.6 Å². The highest BCUT2D eigenvalue weighted by Gasteiger charge is 2.22. The van der Waals surface area contributed by atoms with E-state index in [2.05, 4.69) is 4.98 Å². The van der Waals surface area contributed by atoms with Gasteiger partial charge in [0.2, 0.25) is 0 Å². The predicted molar refractivity (Wildman–Crippen MR) is 119 cm³/mol. The summed E-state index contributed by atoms with van der Waals surface area (Å²) in [5, 5.41) is 0.349. The third-order valence-electron chi connectivity index (χ3n) is 4.28. The second-order valence-electron chi connectivity index (χ2n) is 6.80. The van der Waals surface area contributed by atoms with Crippen LogP contribution >= 0.6 is 23.7 Å². The molecule has 3 rings (SSSR count). The minimum Gasteiger partial charge on any atom is -0.494 e. The minimum absolute atomic E-state index is 0. The molecule has 0 aliphatic heterocycles. The third kappa shape index (κ3) is 5.65. The predicted octanol–water partition coefficient (Wildman–Crippen LogP) is 4.99. The molecule has 0 saturated heterocycles. The number of anilines is 1. The second-order valence-corrected chi connectivity index (χ2v) is 7.81. The lowest BCUT2D eigenvalue weighted by molar-refractivity contribution is 0.0986. The van der Waals surface area contributed by atoms with Gasteiger partial charge in [-0.15, -0.1) is 12.4 Å². The van der Waals surface area contributed by atoms with E-state index in [4.69, 9.17) is 4.74 Å². The molecule has 2 aromatic carbocycles. The molecule has 0 spiro atoms. The first-order valence-corrected chi connectivity index (χ1v) is 10.2. The van der Waals surface area contributed by atoms with E-state index >= 15 is 0 Å². The molecular formula is C21H24ClF2N3O2S. The Kier molecular flexibility index (Phi) is 8.52. The monoisotopic (exact) mass is 455 g/mol. The van der Waals surface area contributed by atoms with E-state index in [-0.39, 0.29) is 23.8 Å². The van der Waals surface area contributed by atoms with Crippen LogP contribution in [0.2, 0.25) is 0 Å². The van der Waals surface area contributed by atoms with Crippen molar-refractivity contribution in [3.63, 3.8) is 0 Å². The lowest BCUT2D eigenvalue weighted by Gasteiger charge is -2.21. The number of rotatable bonds is 8. The van der Waals surface area contributed by atoms with Gasteiger partial charge in [0.1, 0.15) is 17.1 Å². The van der Waals surface area contributed by atoms with Crippen LogP contribution in [0, 0.1) is 11.6 Å². The zero-order valence-electron chi connectivity index (χ0n) is 17.0. The van der Waals surface area contributed by atoms with Crippen molar-refractivity contribution >= 4 is 45.0 Å². The average molecular weight is 456 g/mol. The summed E-state index contributed by atoms with van der Waals surface area (Å²) >= 11 is 1.10. The van der Waals surface area contributed by atoms with Crippen LogP contribution in [0.25, 0.3) is 10.2 Å². The molecule has 1 amide bonds. The fourth-order valence-electron chi connectivity index (χ4n) is 2.91. The zero-order chi connectivity index (χ0) is 21.0. The molecule has 0 radical (unpaired) electrons. The van der Waals surface area contributed by atoms with Gasteiger partial charge in [0.15, 0.2) is 10.9 Å². The first kappa shape index (κ1) is 24.0. The van der Waals surface area contributed by atoms with Gasteiger partial charge in [-0.2, -0.15) is 0 Å². The van der Waals surface area contributed by atoms with Crippen molar-refractivity contribution in [3.05, 3.63) is 53.6 Å². The van der Waals surface area contributed by atoms with E-state index in [0.29, 0.717) is 40.7 Å². The van der Waals surface area contributed by atoms with Gasteiger partial charge in [0, 0.05) is 18.2 Å². The second kappa shape index (κ2) is 10.7. The van der Waals surface area contributed by atoms with Crippen molar-refractivity contribution in [3.8, 4) is 5.75 Å². The molecule has 0 bridgehead atoms. The number of benzene rings is 2. The number of hydrogen-bond donors (Lipinski definition) is 0. The van der Waals surface area contributed by atoms with Gasteiger partial charge in [-0.05, 0) is 64.3 Å². The molecule has 3 aromatic rings. The summed E-state index contributed by atoms with van der Waals surface area (Å²) in [6.07, 6.45) is 0.711. The highest BCUT2D eigenvalue weighted by atomic mass is 35.5. The highest BCUT2D eigenvalue weighted by molar-refractivity contribution is 7.22. The van der Waals surface area contributed by atoms with E-state index in [1.165, 1.54) is 11.0 Å². The number of nitrogens with zero attached hydrogens (tertiary/aromatic N) is 3. The number of carbonyl (C=O) groups excluding carboxylic acids is 1. The number of halogens is 3. The summed E-state index contributed by atoms with van der Waals surface area (Å²) in [4.78, 5) is 21.0. The number of thiazole rings is 1. The molecule has 0 fully saturated rings. The van der Waals surface area contributed by atoms with Crippen LogP contribution < -0.4 is 9.64 Å². The summed E-state index contributed by atoms with van der Waals surface area (Å²) < 4.78 is 33.5. The van der Waals surface area contributed by atoms with E-state index < -0.39 is 11.6 Å². The van der Waals surface area contributed by atoms with Crippen LogP contribution in [0.3, 0.4) is 0 Å². The fraction of sp³-hybridized carbons (Fsp3) is 0.333. The topological polar surface area (TPSA) is 45.7 Å². The number of carbonyl (C=O) groups is 1. The summed E-state index contributed by atoms with van der Waals surface area (Å²) in [5.41, 5.74) is 0.549. The molecular weight excluding hydrogens is 432 g/mol. The summed E-state index contributed by atoms with van der Waals surface area (Å²) in [6.45, 7) is 3.62. The SMILES string of the molecule is CCOc1ccc(C(=O)N(CCCN(C)C)c2nc3c(F)cc(F)cc3s2)cc1.Cl. The van der Waals surface area contributed by atoms with Gasteiger partial charge in [-0.25, -0.2) is 13.8 Å². The number of ether oxygens (including phenoxy) is 1. The number of amides is 1. The van der Waals surface area contributed by atoms with Crippen molar-refractivity contribution in [2.24, 2.45) is 0 Å². The molecule has 0 aliphatic carbocycles. The summed E-state index contributed by atoms with van der Waals surface area (Å²) in [6, 6.07) is 8.90. The van der Waals surface area contributed by atoms with Crippen molar-refractivity contribution in [1.29, 1.82) is 0 Å². The highest BCUT2D eigenvalue weighted by Crippen LogP contribution is 2.32. The Hall–Kier alpha value is -2.29. The molecule has 0 aliphatic rings. The van der Waals surface area contributed by atoms with Gasteiger partial charge in [-0.1, -0.05) is 11.3 Å². The van der Waals surface area contributed by atoms with Crippen molar-refractivity contribution in [2.75, 3.05) is 38.7 Å². The fourth-order valence-corrected chi connectivity index (χ4v) is 3.94. The molecule has 0 atom stereocenters. The molecule has 0 unspecified atom stereocenters. The average Bonchev–Trinajstić information content (AvgIpc) is 3.09. The Bertz CT molecular complexity index is 996. The zero-order valence-corrected chi connectivity index (χ0v) is 18.7. The third-order valence-corrected chi connectivity index (χ3v) is 5.30. The maximum atomic E-state index is 14.1. The van der Waals surface area contributed by atoms with Gasteiger partial charge in [0.05, 0.1) is 11.3 Å². The Labute approximate surface area is 184 Å². The molecule has 5 nitrogen and oxygen atoms in total. The lowest BCUT2D eigenvalue weighted by Crippen LogP contribution is -2.33. The van der Waals surface area contributed by atoms with Crippen molar-refractivity contribution in [1.82, 2.24) is 9.88 Å². The molecule has 1 heterocycles. The smallest absolute Gasteiger partial charge is 0.260 e. The molecule has 9 heteroatoms. The standard InChI is InChI=1S/C21H23F2N3O2S.ClH/c1-4-28-16-8-6-14(7-9-16)20(27)26(11-5-10-25(2)3)21-24-19-17(23)12-15(22)13-18(19)29-21;/h6-9,12-13H,4-5,10-11H2,1-3H3;1H. The number of hydrogen-bond acceptors (Lipinski definition) is 5. The molecule has 0 saturated carbocycles. The van der Waals surface area contributed by atoms with Crippen LogP contribution in [0.15, 0.2) is 36.4 Å². The van der Waals surface area contributed by atoms with Gasteiger partial charge < -0.3 is 9.64 Å². The van der Waals surface area contributed by atoms with Crippen molar-refractivity contribution in [2.45, 2.75) is 13.3 Å². The number of aromatic nitrogens is 1. The first-order valence-electron chi connectivity index (χ1n) is 9.34. The molecule has 0 N–H and O–H groups in total. The van der Waals surface area contributed by atoms with E-state index in [1.807, 2.05) is 25.9 Å². The van der Waals surface area contributed by atoms with Crippen LogP contribution in [0.1, 0.15) is 23.7 Å². The van der Waals surface area contributed by atoms with Crippen LogP contribution in [0.5, 0.6) is 5.75 Å². The quantitative estimate of drug-likeness (QED) is 0.480. The lowest BCUT2D eigenvalue weighted by atomic mass is 10.2. The largest absolute Gasteiger partial charge is 0.494 e. The molecule has 30 heavy (non-hydrogen) atoms. The van der Waals surface area contributed by atoms with Gasteiger partial charge >= 0.3 is 0 Å². The van der Waals surface area contributed by atoms with Crippen LogP contribution in [0.4, 0.5) is 13.9 Å². The Morgan fingerprint density at radius 2 is 1.83 bits per heavy atom. The molecule has 162 valence electrons. The first-order chi connectivity index (χ1) is 13.9. The normalized spacial score (nSPS) is 10.9. The van der Waals surface area contributed by atoms with E-state index in [9.17, 15) is 13.6 Å². The molecule has 1 aromatic heterocycles. The summed E-state index contributed by atoms with van der Waals surface area (Å²) in [5.74, 6) is -0.959. The Balaban J connectivity index is 0.00000320. The van der Waals surface area contributed by atoms with E-state index in [0.717, 1.165) is 23.9 Å². The Morgan fingerprint density at radius 1 is 1.13 bits per heavy atom. The van der Waals surface area contributed by atoms with Gasteiger partial charge in [-0.3, -0.25) is 9.69 Å². The Morgan fingerprint density at radius 3 is 2.47 bits per heavy atom. The maximum Gasteiger partial charge on any atom is 0.260 e. The van der Waals surface area contributed by atoms with Crippen molar-refractivity contribution < 1.29 is 18.3 Å². The van der Waals surface area contributed by atoms with Crippen LogP contribution in [-0.2, 0) is 0 Å². The minimum atomic E-state index is -0.732. The number of fused-ring (bicyclic) bond motifs is 1. The van der Waals surface area contributed by atoms with Gasteiger partial charge in [0.25, 0.3) is 5.91 Å². The summed E-state index contributed by atoms with van der Waals surface area (Å²) in [7, 11) is 3.91.